The van der Waals surface area contributed by atoms with E-state index in [0.29, 0.717) is 22.3 Å². The Morgan fingerprint density at radius 3 is 2.62 bits per heavy atom. The van der Waals surface area contributed by atoms with Crippen molar-refractivity contribution < 1.29 is 18.3 Å². The van der Waals surface area contributed by atoms with Gasteiger partial charge in [0, 0.05) is 16.9 Å². The average molecular weight is 459 g/mol. The quantitative estimate of drug-likeness (QED) is 0.168. The first kappa shape index (κ1) is 23.7. The first-order valence-electron chi connectivity index (χ1n) is 11.9. The minimum Gasteiger partial charge on any atom is -0.423 e. The molecule has 0 unspecified atom stereocenters. The molecule has 34 heavy (non-hydrogen) atoms. The van der Waals surface area contributed by atoms with Crippen LogP contribution in [0, 0.1) is 35.3 Å². The second-order valence-corrected chi connectivity index (χ2v) is 8.84. The Labute approximate surface area is 199 Å². The van der Waals surface area contributed by atoms with Crippen molar-refractivity contribution in [3.8, 4) is 17.6 Å². The van der Waals surface area contributed by atoms with E-state index in [4.69, 9.17) is 4.74 Å². The van der Waals surface area contributed by atoms with Gasteiger partial charge < -0.3 is 4.74 Å². The van der Waals surface area contributed by atoms with Gasteiger partial charge in [-0.05, 0) is 99.2 Å². The normalized spacial score (nSPS) is 18.0. The Bertz CT molecular complexity index is 1260. The van der Waals surface area contributed by atoms with Crippen molar-refractivity contribution in [1.29, 1.82) is 0 Å². The molecule has 0 spiro atoms. The number of hydrogen-bond donors (Lipinski definition) is 0. The van der Waals surface area contributed by atoms with Crippen LogP contribution in [0.5, 0.6) is 5.75 Å². The molecule has 0 radical (unpaired) electrons. The molecule has 1 fully saturated rings. The van der Waals surface area contributed by atoms with Crippen molar-refractivity contribution in [3.63, 3.8) is 0 Å². The van der Waals surface area contributed by atoms with E-state index in [2.05, 4.69) is 30.9 Å². The molecule has 0 aliphatic heterocycles. The summed E-state index contributed by atoms with van der Waals surface area (Å²) in [6, 6.07) is 13.6. The topological polar surface area (TPSA) is 26.3 Å². The number of halogens is 2. The van der Waals surface area contributed by atoms with Crippen molar-refractivity contribution in [2.45, 2.75) is 45.4 Å². The first-order valence-corrected chi connectivity index (χ1v) is 11.9. The highest BCUT2D eigenvalue weighted by molar-refractivity contribution is 5.92. The lowest BCUT2D eigenvalue weighted by molar-refractivity contribution is 0.0730. The number of carbonyl (C=O) groups excluding carboxylic acids is 1. The molecule has 0 heterocycles. The van der Waals surface area contributed by atoms with E-state index in [-0.39, 0.29) is 17.1 Å². The van der Waals surface area contributed by atoms with Gasteiger partial charge in [-0.15, -0.1) is 0 Å². The van der Waals surface area contributed by atoms with E-state index >= 15 is 0 Å². The molecule has 1 aliphatic carbocycles. The van der Waals surface area contributed by atoms with Gasteiger partial charge in [0.05, 0.1) is 5.56 Å². The number of fused-ring (bicyclic) bond motifs is 1. The van der Waals surface area contributed by atoms with Crippen molar-refractivity contribution in [3.05, 3.63) is 89.5 Å². The zero-order valence-corrected chi connectivity index (χ0v) is 19.3. The lowest BCUT2D eigenvalue weighted by Gasteiger charge is -2.25. The van der Waals surface area contributed by atoms with E-state index in [1.165, 1.54) is 49.6 Å². The van der Waals surface area contributed by atoms with Gasteiger partial charge in [-0.2, -0.15) is 0 Å². The third kappa shape index (κ3) is 5.91. The van der Waals surface area contributed by atoms with Gasteiger partial charge in [-0.3, -0.25) is 0 Å². The Balaban J connectivity index is 1.37. The molecular weight excluding hydrogens is 430 g/mol. The van der Waals surface area contributed by atoms with Gasteiger partial charge in [0.1, 0.15) is 17.4 Å². The maximum absolute atomic E-state index is 14.6. The van der Waals surface area contributed by atoms with Crippen molar-refractivity contribution >= 4 is 16.7 Å². The van der Waals surface area contributed by atoms with Gasteiger partial charge in [-0.25, -0.2) is 13.6 Å². The molecule has 0 amide bonds. The number of ether oxygens (including phenoxy) is 1. The second-order valence-electron chi connectivity index (χ2n) is 8.84. The largest absolute Gasteiger partial charge is 0.423 e. The minimum atomic E-state index is -0.802. The molecule has 0 aromatic heterocycles. The molecule has 0 bridgehead atoms. The van der Waals surface area contributed by atoms with Crippen molar-refractivity contribution in [1.82, 2.24) is 0 Å². The third-order valence-corrected chi connectivity index (χ3v) is 6.44. The van der Waals surface area contributed by atoms with Crippen LogP contribution in [0.4, 0.5) is 8.78 Å². The number of hydrogen-bond acceptors (Lipinski definition) is 2. The Kier molecular flexibility index (Phi) is 7.75. The number of carbonyl (C=O) groups is 1. The Morgan fingerprint density at radius 2 is 1.85 bits per heavy atom. The lowest BCUT2D eigenvalue weighted by atomic mass is 9.80. The summed E-state index contributed by atoms with van der Waals surface area (Å²) in [4.78, 5) is 12.5. The zero-order valence-electron chi connectivity index (χ0n) is 19.3. The van der Waals surface area contributed by atoms with Gasteiger partial charge in [0.2, 0.25) is 0 Å². The van der Waals surface area contributed by atoms with E-state index in [1.54, 1.807) is 24.3 Å². The third-order valence-electron chi connectivity index (χ3n) is 6.44. The Hall–Kier alpha value is -3.45. The van der Waals surface area contributed by atoms with Crippen molar-refractivity contribution in [2.75, 3.05) is 0 Å². The fourth-order valence-electron chi connectivity index (χ4n) is 4.49. The summed E-state index contributed by atoms with van der Waals surface area (Å²) < 4.78 is 33.8. The maximum Gasteiger partial charge on any atom is 0.346 e. The molecule has 3 aromatic rings. The molecule has 1 aliphatic rings. The molecular formula is C30H28F2O2. The Morgan fingerprint density at radius 1 is 1.03 bits per heavy atom. The summed E-state index contributed by atoms with van der Waals surface area (Å²) in [5.74, 6) is 5.88. The molecule has 3 aromatic carbocycles. The predicted molar refractivity (Wildman–Crippen MR) is 132 cm³/mol. The van der Waals surface area contributed by atoms with Crippen LogP contribution in [0.2, 0.25) is 0 Å². The molecule has 1 saturated carbocycles. The first-order chi connectivity index (χ1) is 16.5. The summed E-state index contributed by atoms with van der Waals surface area (Å²) in [5.41, 5.74) is 0.386. The summed E-state index contributed by atoms with van der Waals surface area (Å²) in [7, 11) is 0. The molecule has 0 atom stereocenters. The highest BCUT2D eigenvalue weighted by Crippen LogP contribution is 2.31. The molecule has 0 saturated heterocycles. The van der Waals surface area contributed by atoms with E-state index in [9.17, 15) is 13.6 Å². The molecule has 0 N–H and O–H groups in total. The molecule has 2 nitrogen and oxygen atoms in total. The van der Waals surface area contributed by atoms with Crippen LogP contribution in [-0.4, -0.2) is 5.97 Å². The van der Waals surface area contributed by atoms with Gasteiger partial charge >= 0.3 is 5.97 Å². The fourth-order valence-corrected chi connectivity index (χ4v) is 4.49. The molecule has 4 heteroatoms. The summed E-state index contributed by atoms with van der Waals surface area (Å²) in [6.45, 7) is 2.05. The summed E-state index contributed by atoms with van der Waals surface area (Å²) in [6.07, 6.45) is 11.3. The number of esters is 1. The van der Waals surface area contributed by atoms with Crippen molar-refractivity contribution in [2.24, 2.45) is 11.8 Å². The van der Waals surface area contributed by atoms with Gasteiger partial charge in [0.15, 0.2) is 0 Å². The van der Waals surface area contributed by atoms with Crippen LogP contribution in [0.25, 0.3) is 10.8 Å². The van der Waals surface area contributed by atoms with Crippen LogP contribution in [0.1, 0.15) is 61.4 Å². The van der Waals surface area contributed by atoms with E-state index in [0.717, 1.165) is 25.2 Å². The van der Waals surface area contributed by atoms with Gasteiger partial charge in [-0.1, -0.05) is 36.1 Å². The van der Waals surface area contributed by atoms with E-state index in [1.807, 2.05) is 0 Å². The monoisotopic (exact) mass is 458 g/mol. The van der Waals surface area contributed by atoms with Crippen LogP contribution in [0.15, 0.2) is 66.7 Å². The van der Waals surface area contributed by atoms with Crippen LogP contribution in [0.3, 0.4) is 0 Å². The molecule has 4 rings (SSSR count). The smallest absolute Gasteiger partial charge is 0.346 e. The SMILES string of the molecule is C/C=C/CCC1CCC(C#Cc2ccc(C(=O)Oc3ccc4c(F)cccc4c3)c(F)c2)CC1. The van der Waals surface area contributed by atoms with E-state index < -0.39 is 11.8 Å². The molecule has 174 valence electrons. The lowest BCUT2D eigenvalue weighted by Crippen LogP contribution is -2.13. The van der Waals surface area contributed by atoms with Crippen LogP contribution >= 0.6 is 0 Å². The summed E-state index contributed by atoms with van der Waals surface area (Å²) >= 11 is 0. The van der Waals surface area contributed by atoms with Gasteiger partial charge in [0.25, 0.3) is 0 Å². The second kappa shape index (κ2) is 11.1. The standard InChI is InChI=1S/C30H28F2O2/c1-2-3-4-6-21-9-11-22(12-10-21)13-14-23-15-17-27(29(32)19-23)30(33)34-25-16-18-26-24(20-25)7-5-8-28(26)31/h2-3,5,7-8,15-22H,4,6,9-12H2,1H3/b3-2+. The predicted octanol–water partition coefficient (Wildman–Crippen LogP) is 7.85. The highest BCUT2D eigenvalue weighted by Gasteiger charge is 2.19. The van der Waals surface area contributed by atoms with Crippen LogP contribution in [-0.2, 0) is 0 Å². The minimum absolute atomic E-state index is 0.161. The number of allylic oxidation sites excluding steroid dienone is 2. The number of benzene rings is 3. The van der Waals surface area contributed by atoms with Crippen LogP contribution < -0.4 is 4.74 Å². The highest BCUT2D eigenvalue weighted by atomic mass is 19.1. The summed E-state index contributed by atoms with van der Waals surface area (Å²) in [5, 5.41) is 1.03. The maximum atomic E-state index is 14.6. The average Bonchev–Trinajstić information content (AvgIpc) is 2.84. The zero-order chi connectivity index (χ0) is 23.9. The number of rotatable bonds is 5. The fraction of sp³-hybridized carbons (Fsp3) is 0.300.